The van der Waals surface area contributed by atoms with Crippen LogP contribution in [0.1, 0.15) is 45.0 Å². The summed E-state index contributed by atoms with van der Waals surface area (Å²) in [6.07, 6.45) is 3.44. The number of hydrogen-bond acceptors (Lipinski definition) is 4. The van der Waals surface area contributed by atoms with E-state index in [1.807, 2.05) is 45.0 Å². The molecule has 130 valence electrons. The van der Waals surface area contributed by atoms with E-state index in [1.54, 1.807) is 12.4 Å². The minimum absolute atomic E-state index is 0.0559. The highest BCUT2D eigenvalue weighted by Gasteiger charge is 2.26. The first-order valence-electron chi connectivity index (χ1n) is 8.51. The fraction of sp³-hybridized carbons (Fsp3) is 0.350. The van der Waals surface area contributed by atoms with Gasteiger partial charge in [0.15, 0.2) is 11.4 Å². The maximum atomic E-state index is 12.7. The highest BCUT2D eigenvalue weighted by molar-refractivity contribution is 6.08. The molecule has 3 rings (SSSR count). The zero-order valence-electron chi connectivity index (χ0n) is 15.3. The summed E-state index contributed by atoms with van der Waals surface area (Å²) >= 11 is 0. The second-order valence-corrected chi connectivity index (χ2v) is 7.61. The van der Waals surface area contributed by atoms with E-state index >= 15 is 0 Å². The highest BCUT2D eigenvalue weighted by Crippen LogP contribution is 2.27. The largest absolute Gasteiger partial charge is 0.383 e. The van der Waals surface area contributed by atoms with E-state index < -0.39 is 5.41 Å². The van der Waals surface area contributed by atoms with Crippen LogP contribution in [-0.4, -0.2) is 26.8 Å². The molecule has 0 aliphatic carbocycles. The number of aromatic nitrogens is 3. The van der Waals surface area contributed by atoms with Gasteiger partial charge in [0, 0.05) is 28.9 Å². The van der Waals surface area contributed by atoms with Gasteiger partial charge in [-0.3, -0.25) is 4.79 Å². The fourth-order valence-corrected chi connectivity index (χ4v) is 2.71. The van der Waals surface area contributed by atoms with Crippen LogP contribution in [0.3, 0.4) is 0 Å². The van der Waals surface area contributed by atoms with Crippen LogP contribution in [0.25, 0.3) is 22.4 Å². The molecule has 2 aromatic heterocycles. The molecule has 0 saturated carbocycles. The van der Waals surface area contributed by atoms with E-state index in [2.05, 4.69) is 29.1 Å². The van der Waals surface area contributed by atoms with Crippen LogP contribution >= 0.6 is 0 Å². The third kappa shape index (κ3) is 3.55. The molecule has 1 aromatic carbocycles. The predicted octanol–water partition coefficient (Wildman–Crippen LogP) is 4.67. The summed E-state index contributed by atoms with van der Waals surface area (Å²) in [6.45, 7) is 9.93. The zero-order chi connectivity index (χ0) is 18.2. The number of nitrogens with one attached hydrogen (secondary N) is 2. The molecule has 25 heavy (non-hydrogen) atoms. The van der Waals surface area contributed by atoms with Crippen LogP contribution in [0.15, 0.2) is 36.7 Å². The van der Waals surface area contributed by atoms with Gasteiger partial charge in [0.05, 0.1) is 17.5 Å². The van der Waals surface area contributed by atoms with Crippen LogP contribution in [0.5, 0.6) is 0 Å². The number of carbonyl (C=O) groups excluding carboxylic acids is 1. The van der Waals surface area contributed by atoms with Gasteiger partial charge in [-0.2, -0.15) is 0 Å². The average molecular weight is 336 g/mol. The first-order chi connectivity index (χ1) is 11.8. The summed E-state index contributed by atoms with van der Waals surface area (Å²) in [4.78, 5) is 24.9. The van der Waals surface area contributed by atoms with Crippen LogP contribution < -0.4 is 5.32 Å². The fourth-order valence-electron chi connectivity index (χ4n) is 2.71. The Hall–Kier alpha value is -2.69. The van der Waals surface area contributed by atoms with E-state index in [0.717, 1.165) is 16.9 Å². The summed E-state index contributed by atoms with van der Waals surface area (Å²) in [5.41, 5.74) is 4.14. The Labute approximate surface area is 147 Å². The number of hydrogen-bond donors (Lipinski definition) is 2. The number of benzene rings is 1. The normalized spacial score (nSPS) is 11.9. The minimum atomic E-state index is -0.464. The lowest BCUT2D eigenvalue weighted by atomic mass is 9.87. The van der Waals surface area contributed by atoms with Crippen LogP contribution in [0, 0.1) is 5.41 Å². The number of ketones is 1. The van der Waals surface area contributed by atoms with E-state index in [4.69, 9.17) is 4.98 Å². The standard InChI is InChI=1S/C20H24N4O/c1-12(2)23-14-8-6-7-13(9-14)16-11-22-19-17(24-16)15(10-21-19)18(25)20(3,4)5/h6-12,23H,1-5H3,(H,21,22). The monoisotopic (exact) mass is 336 g/mol. The molecule has 0 fully saturated rings. The molecule has 0 unspecified atom stereocenters. The molecule has 0 radical (unpaired) electrons. The summed E-state index contributed by atoms with van der Waals surface area (Å²) < 4.78 is 0. The Bertz CT molecular complexity index is 919. The molecule has 2 heterocycles. The maximum absolute atomic E-state index is 12.7. The number of carbonyl (C=O) groups is 1. The molecule has 0 spiro atoms. The molecule has 0 bridgehead atoms. The van der Waals surface area contributed by atoms with Crippen molar-refractivity contribution in [2.75, 3.05) is 5.32 Å². The zero-order valence-corrected chi connectivity index (χ0v) is 15.3. The van der Waals surface area contributed by atoms with Gasteiger partial charge in [0.25, 0.3) is 0 Å². The Kier molecular flexibility index (Phi) is 4.33. The first-order valence-corrected chi connectivity index (χ1v) is 8.51. The Morgan fingerprint density at radius 3 is 2.68 bits per heavy atom. The van der Waals surface area contributed by atoms with Crippen molar-refractivity contribution in [2.24, 2.45) is 5.41 Å². The number of fused-ring (bicyclic) bond motifs is 1. The van der Waals surface area contributed by atoms with Gasteiger partial charge in [0.2, 0.25) is 0 Å². The van der Waals surface area contributed by atoms with Crippen molar-refractivity contribution < 1.29 is 4.79 Å². The number of rotatable bonds is 4. The first kappa shape index (κ1) is 17.1. The van der Waals surface area contributed by atoms with Crippen LogP contribution in [-0.2, 0) is 0 Å². The maximum Gasteiger partial charge on any atom is 0.171 e. The molecular weight excluding hydrogens is 312 g/mol. The van der Waals surface area contributed by atoms with Crippen molar-refractivity contribution in [2.45, 2.75) is 40.7 Å². The number of Topliss-reactive ketones (excluding diaryl/α,β-unsaturated/α-hetero) is 1. The lowest BCUT2D eigenvalue weighted by Crippen LogP contribution is -2.20. The molecule has 5 heteroatoms. The summed E-state index contributed by atoms with van der Waals surface area (Å²) in [6, 6.07) is 8.42. The Morgan fingerprint density at radius 1 is 1.24 bits per heavy atom. The molecule has 0 saturated heterocycles. The van der Waals surface area contributed by atoms with Gasteiger partial charge < -0.3 is 10.3 Å². The highest BCUT2D eigenvalue weighted by atomic mass is 16.1. The van der Waals surface area contributed by atoms with Gasteiger partial charge in [-0.05, 0) is 26.0 Å². The van der Waals surface area contributed by atoms with Gasteiger partial charge in [-0.1, -0.05) is 32.9 Å². The third-order valence-electron chi connectivity index (χ3n) is 3.92. The SMILES string of the molecule is CC(C)Nc1cccc(-c2cnc3[nH]cc(C(=O)C(C)(C)C)c3n2)c1. The van der Waals surface area contributed by atoms with E-state index in [9.17, 15) is 4.79 Å². The third-order valence-corrected chi connectivity index (χ3v) is 3.92. The van der Waals surface area contributed by atoms with Gasteiger partial charge in [0.1, 0.15) is 5.52 Å². The topological polar surface area (TPSA) is 70.7 Å². The quantitative estimate of drug-likeness (QED) is 0.679. The lowest BCUT2D eigenvalue weighted by Gasteiger charge is -2.15. The number of H-pyrrole nitrogens is 1. The van der Waals surface area contributed by atoms with Crippen molar-refractivity contribution in [1.29, 1.82) is 0 Å². The Balaban J connectivity index is 2.05. The summed E-state index contributed by atoms with van der Waals surface area (Å²) in [7, 11) is 0. The minimum Gasteiger partial charge on any atom is -0.383 e. The Morgan fingerprint density at radius 2 is 2.00 bits per heavy atom. The number of nitrogens with zero attached hydrogens (tertiary/aromatic N) is 2. The van der Waals surface area contributed by atoms with Crippen molar-refractivity contribution in [3.63, 3.8) is 0 Å². The van der Waals surface area contributed by atoms with Crippen LogP contribution in [0.4, 0.5) is 5.69 Å². The molecule has 0 aliphatic heterocycles. The molecule has 3 aromatic rings. The number of anilines is 1. The molecule has 0 aliphatic rings. The van der Waals surface area contributed by atoms with Gasteiger partial charge in [-0.25, -0.2) is 9.97 Å². The molecule has 5 nitrogen and oxygen atoms in total. The van der Waals surface area contributed by atoms with Gasteiger partial charge >= 0.3 is 0 Å². The number of aromatic amines is 1. The average Bonchev–Trinajstić information content (AvgIpc) is 2.95. The van der Waals surface area contributed by atoms with Crippen molar-refractivity contribution >= 4 is 22.6 Å². The summed E-state index contributed by atoms with van der Waals surface area (Å²) in [5, 5.41) is 3.39. The lowest BCUT2D eigenvalue weighted by molar-refractivity contribution is 0.0860. The van der Waals surface area contributed by atoms with Crippen LogP contribution in [0.2, 0.25) is 0 Å². The van der Waals surface area contributed by atoms with Crippen molar-refractivity contribution in [1.82, 2.24) is 15.0 Å². The van der Waals surface area contributed by atoms with E-state index in [0.29, 0.717) is 22.8 Å². The molecule has 0 atom stereocenters. The second-order valence-electron chi connectivity index (χ2n) is 7.61. The van der Waals surface area contributed by atoms with Gasteiger partial charge in [-0.15, -0.1) is 0 Å². The van der Waals surface area contributed by atoms with E-state index in [-0.39, 0.29) is 5.78 Å². The molecule has 2 N–H and O–H groups in total. The van der Waals surface area contributed by atoms with Crippen molar-refractivity contribution in [3.05, 3.63) is 42.2 Å². The van der Waals surface area contributed by atoms with Crippen molar-refractivity contribution in [3.8, 4) is 11.3 Å². The smallest absolute Gasteiger partial charge is 0.171 e. The second kappa shape index (κ2) is 6.31. The summed E-state index contributed by atoms with van der Waals surface area (Å²) in [5.74, 6) is 0.0559. The van der Waals surface area contributed by atoms with E-state index in [1.165, 1.54) is 0 Å². The molecular formula is C20H24N4O. The predicted molar refractivity (Wildman–Crippen MR) is 102 cm³/mol. The molecule has 0 amide bonds.